The lowest BCUT2D eigenvalue weighted by molar-refractivity contribution is 0.221. The van der Waals surface area contributed by atoms with Crippen molar-refractivity contribution in [3.63, 3.8) is 0 Å². The topological polar surface area (TPSA) is 39.7 Å². The number of hydrogen-bond donors (Lipinski definition) is 2. The first-order chi connectivity index (χ1) is 11.6. The number of rotatable bonds is 6. The van der Waals surface area contributed by atoms with Crippen LogP contribution in [0.25, 0.3) is 0 Å². The van der Waals surface area contributed by atoms with Crippen molar-refractivity contribution in [1.29, 1.82) is 0 Å². The molecule has 2 N–H and O–H groups in total. The molecule has 24 heavy (non-hydrogen) atoms. The smallest absolute Gasteiger partial charge is 0.191 e. The van der Waals surface area contributed by atoms with Gasteiger partial charge in [0.05, 0.1) is 0 Å². The average molecular weight is 329 g/mol. The van der Waals surface area contributed by atoms with Gasteiger partial charge in [-0.05, 0) is 38.7 Å². The van der Waals surface area contributed by atoms with E-state index < -0.39 is 0 Å². The Morgan fingerprint density at radius 3 is 2.50 bits per heavy atom. The van der Waals surface area contributed by atoms with E-state index in [1.807, 2.05) is 7.05 Å². The molecule has 4 heteroatoms. The summed E-state index contributed by atoms with van der Waals surface area (Å²) in [5.74, 6) is 0.917. The van der Waals surface area contributed by atoms with Gasteiger partial charge < -0.3 is 10.6 Å². The molecule has 1 fully saturated rings. The molecule has 1 aliphatic heterocycles. The van der Waals surface area contributed by atoms with Crippen LogP contribution in [0.15, 0.2) is 41.4 Å². The zero-order valence-electron chi connectivity index (χ0n) is 15.4. The quantitative estimate of drug-likeness (QED) is 0.479. The van der Waals surface area contributed by atoms with Gasteiger partial charge in [0.25, 0.3) is 0 Å². The van der Waals surface area contributed by atoms with Crippen LogP contribution in [0.2, 0.25) is 0 Å². The second-order valence-electron chi connectivity index (χ2n) is 6.89. The van der Waals surface area contributed by atoms with Crippen LogP contribution in [0, 0.1) is 6.92 Å². The van der Waals surface area contributed by atoms with Crippen molar-refractivity contribution in [2.24, 2.45) is 4.99 Å². The van der Waals surface area contributed by atoms with Crippen LogP contribution in [-0.2, 0) is 6.42 Å². The van der Waals surface area contributed by atoms with Gasteiger partial charge >= 0.3 is 0 Å². The second kappa shape index (κ2) is 9.48. The molecule has 1 heterocycles. The van der Waals surface area contributed by atoms with Gasteiger partial charge in [-0.25, -0.2) is 0 Å². The highest BCUT2D eigenvalue weighted by molar-refractivity contribution is 5.79. The molecule has 0 bridgehead atoms. The molecule has 2 rings (SSSR count). The second-order valence-corrected chi connectivity index (χ2v) is 6.89. The van der Waals surface area contributed by atoms with Crippen molar-refractivity contribution in [3.05, 3.63) is 47.5 Å². The van der Waals surface area contributed by atoms with Gasteiger partial charge in [-0.15, -0.1) is 0 Å². The highest BCUT2D eigenvalue weighted by Crippen LogP contribution is 2.11. The molecular weight excluding hydrogens is 296 g/mol. The summed E-state index contributed by atoms with van der Waals surface area (Å²) in [7, 11) is 1.84. The number of benzene rings is 1. The van der Waals surface area contributed by atoms with Gasteiger partial charge in [-0.1, -0.05) is 42.0 Å². The minimum Gasteiger partial charge on any atom is -0.356 e. The van der Waals surface area contributed by atoms with Crippen LogP contribution in [0.3, 0.4) is 0 Å². The summed E-state index contributed by atoms with van der Waals surface area (Å²) in [6, 6.07) is 9.24. The van der Waals surface area contributed by atoms with E-state index in [2.05, 4.69) is 65.2 Å². The third-order valence-corrected chi connectivity index (χ3v) is 4.47. The summed E-state index contributed by atoms with van der Waals surface area (Å²) in [5, 5.41) is 7.00. The Morgan fingerprint density at radius 2 is 1.92 bits per heavy atom. The third-order valence-electron chi connectivity index (χ3n) is 4.47. The summed E-state index contributed by atoms with van der Waals surface area (Å²) in [6.07, 6.45) is 3.33. The standard InChI is InChI=1S/C20H32N4/c1-16(2)15-24-13-10-19(11-14-24)23-20(21-4)22-12-9-18-7-5-17(3)6-8-18/h5-8,19H,1,9-15H2,2-4H3,(H2,21,22,23). The van der Waals surface area contributed by atoms with E-state index in [4.69, 9.17) is 0 Å². The Kier molecular flexibility index (Phi) is 7.32. The Bertz CT molecular complexity index is 539. The summed E-state index contributed by atoms with van der Waals surface area (Å²) in [6.45, 7) is 12.4. The predicted octanol–water partition coefficient (Wildman–Crippen LogP) is 2.74. The monoisotopic (exact) mass is 328 g/mol. The van der Waals surface area contributed by atoms with Gasteiger partial charge in [0.15, 0.2) is 5.96 Å². The van der Waals surface area contributed by atoms with Crippen LogP contribution in [-0.4, -0.2) is 50.1 Å². The van der Waals surface area contributed by atoms with Crippen molar-refractivity contribution < 1.29 is 0 Å². The number of nitrogens with one attached hydrogen (secondary N) is 2. The SMILES string of the molecule is C=C(C)CN1CCC(NC(=NC)NCCc2ccc(C)cc2)CC1. The molecular formula is C20H32N4. The number of piperidine rings is 1. The summed E-state index contributed by atoms with van der Waals surface area (Å²) in [5.41, 5.74) is 3.91. The third kappa shape index (κ3) is 6.36. The molecule has 0 aliphatic carbocycles. The van der Waals surface area contributed by atoms with Crippen LogP contribution >= 0.6 is 0 Å². The van der Waals surface area contributed by atoms with Gasteiger partial charge in [0.1, 0.15) is 0 Å². The molecule has 132 valence electrons. The maximum absolute atomic E-state index is 4.36. The van der Waals surface area contributed by atoms with E-state index in [1.54, 1.807) is 0 Å². The Labute approximate surface area is 147 Å². The molecule has 1 aromatic carbocycles. The number of aliphatic imine (C=N–C) groups is 1. The van der Waals surface area contributed by atoms with Crippen molar-refractivity contribution >= 4 is 5.96 Å². The average Bonchev–Trinajstić information content (AvgIpc) is 2.57. The first kappa shape index (κ1) is 18.5. The van der Waals surface area contributed by atoms with Crippen molar-refractivity contribution in [2.75, 3.05) is 33.2 Å². The fraction of sp³-hybridized carbons (Fsp3) is 0.550. The lowest BCUT2D eigenvalue weighted by atomic mass is 10.0. The molecule has 4 nitrogen and oxygen atoms in total. The first-order valence-electron chi connectivity index (χ1n) is 8.96. The fourth-order valence-corrected chi connectivity index (χ4v) is 3.09. The van der Waals surface area contributed by atoms with Crippen LogP contribution < -0.4 is 10.6 Å². The minimum atomic E-state index is 0.511. The zero-order chi connectivity index (χ0) is 17.4. The van der Waals surface area contributed by atoms with Crippen LogP contribution in [0.5, 0.6) is 0 Å². The molecule has 0 unspecified atom stereocenters. The molecule has 0 radical (unpaired) electrons. The normalized spacial score (nSPS) is 16.9. The van der Waals surface area contributed by atoms with Crippen molar-refractivity contribution in [1.82, 2.24) is 15.5 Å². The van der Waals surface area contributed by atoms with E-state index >= 15 is 0 Å². The van der Waals surface area contributed by atoms with Gasteiger partial charge in [-0.2, -0.15) is 0 Å². The van der Waals surface area contributed by atoms with Gasteiger partial charge in [0.2, 0.25) is 0 Å². The number of aryl methyl sites for hydroxylation is 1. The minimum absolute atomic E-state index is 0.511. The molecule has 0 atom stereocenters. The number of likely N-dealkylation sites (tertiary alicyclic amines) is 1. The predicted molar refractivity (Wildman–Crippen MR) is 104 cm³/mol. The van der Waals surface area contributed by atoms with E-state index in [0.29, 0.717) is 6.04 Å². The molecule has 1 aromatic rings. The highest BCUT2D eigenvalue weighted by atomic mass is 15.2. The molecule has 0 amide bonds. The summed E-state index contributed by atoms with van der Waals surface area (Å²) < 4.78 is 0. The molecule has 1 saturated heterocycles. The number of hydrogen-bond acceptors (Lipinski definition) is 2. The van der Waals surface area contributed by atoms with E-state index in [9.17, 15) is 0 Å². The highest BCUT2D eigenvalue weighted by Gasteiger charge is 2.19. The number of nitrogens with zero attached hydrogens (tertiary/aromatic N) is 2. The zero-order valence-corrected chi connectivity index (χ0v) is 15.4. The van der Waals surface area contributed by atoms with Crippen molar-refractivity contribution in [3.8, 4) is 0 Å². The molecule has 1 aliphatic rings. The molecule has 0 aromatic heterocycles. The summed E-state index contributed by atoms with van der Waals surface area (Å²) in [4.78, 5) is 6.84. The lowest BCUT2D eigenvalue weighted by Gasteiger charge is -2.33. The summed E-state index contributed by atoms with van der Waals surface area (Å²) >= 11 is 0. The lowest BCUT2D eigenvalue weighted by Crippen LogP contribution is -2.49. The van der Waals surface area contributed by atoms with Gasteiger partial charge in [0, 0.05) is 39.3 Å². The van der Waals surface area contributed by atoms with Crippen LogP contribution in [0.4, 0.5) is 0 Å². The van der Waals surface area contributed by atoms with E-state index in [0.717, 1.165) is 51.4 Å². The Balaban J connectivity index is 1.69. The number of guanidine groups is 1. The Morgan fingerprint density at radius 1 is 1.25 bits per heavy atom. The Hall–Kier alpha value is -1.81. The fourth-order valence-electron chi connectivity index (χ4n) is 3.09. The maximum atomic E-state index is 4.36. The maximum Gasteiger partial charge on any atom is 0.191 e. The first-order valence-corrected chi connectivity index (χ1v) is 8.96. The van der Waals surface area contributed by atoms with Gasteiger partial charge in [-0.3, -0.25) is 9.89 Å². The van der Waals surface area contributed by atoms with E-state index in [1.165, 1.54) is 16.7 Å². The van der Waals surface area contributed by atoms with Crippen molar-refractivity contribution in [2.45, 2.75) is 39.2 Å². The largest absolute Gasteiger partial charge is 0.356 e. The van der Waals surface area contributed by atoms with E-state index in [-0.39, 0.29) is 0 Å². The molecule has 0 spiro atoms. The van der Waals surface area contributed by atoms with Crippen LogP contribution in [0.1, 0.15) is 30.9 Å². The molecule has 0 saturated carbocycles.